The number of hydrogen-bond acceptors (Lipinski definition) is 5. The molecule has 1 saturated carbocycles. The molecule has 5 heteroatoms. The molecule has 3 N–H and O–H groups in total. The lowest BCUT2D eigenvalue weighted by molar-refractivity contribution is 0.315. The van der Waals surface area contributed by atoms with Crippen LogP contribution in [0.3, 0.4) is 0 Å². The van der Waals surface area contributed by atoms with Crippen molar-refractivity contribution in [3.8, 4) is 5.75 Å². The Bertz CT molecular complexity index is 396. The molecule has 20 heavy (non-hydrogen) atoms. The highest BCUT2D eigenvalue weighted by Crippen LogP contribution is 2.32. The van der Waals surface area contributed by atoms with Crippen LogP contribution in [0.1, 0.15) is 50.6 Å². The van der Waals surface area contributed by atoms with E-state index in [0.29, 0.717) is 0 Å². The van der Waals surface area contributed by atoms with Crippen LogP contribution in [0, 0.1) is 0 Å². The van der Waals surface area contributed by atoms with E-state index in [9.17, 15) is 0 Å². The minimum absolute atomic E-state index is 0.137. The molecule has 0 amide bonds. The molecule has 0 aliphatic heterocycles. The summed E-state index contributed by atoms with van der Waals surface area (Å²) in [6.45, 7) is 2.82. The number of pyridine rings is 1. The van der Waals surface area contributed by atoms with Crippen LogP contribution in [0.2, 0.25) is 0 Å². The van der Waals surface area contributed by atoms with Crippen LogP contribution >= 0.6 is 11.8 Å². The van der Waals surface area contributed by atoms with Crippen LogP contribution in [0.25, 0.3) is 0 Å². The average molecular weight is 295 g/mol. The van der Waals surface area contributed by atoms with E-state index < -0.39 is 0 Å². The molecule has 1 heterocycles. The summed E-state index contributed by atoms with van der Waals surface area (Å²) in [6, 6.07) is 2.18. The SMILES string of the molecule is CCCOc1cncc(C(CSC2CCCC2)NN)c1. The van der Waals surface area contributed by atoms with Gasteiger partial charge in [0.05, 0.1) is 18.8 Å². The Morgan fingerprint density at radius 3 is 2.95 bits per heavy atom. The molecule has 112 valence electrons. The Balaban J connectivity index is 1.91. The smallest absolute Gasteiger partial charge is 0.137 e. The van der Waals surface area contributed by atoms with E-state index in [1.807, 2.05) is 24.0 Å². The standard InChI is InChI=1S/C15H25N3OS/c1-2-7-19-13-8-12(9-17-10-13)15(18-16)11-20-14-5-3-4-6-14/h8-10,14-15,18H,2-7,11,16H2,1H3. The molecular formula is C15H25N3OS. The van der Waals surface area contributed by atoms with Gasteiger partial charge < -0.3 is 4.74 Å². The van der Waals surface area contributed by atoms with E-state index in [2.05, 4.69) is 17.3 Å². The van der Waals surface area contributed by atoms with Crippen LogP contribution in [0.15, 0.2) is 18.5 Å². The molecule has 1 aliphatic carbocycles. The highest BCUT2D eigenvalue weighted by atomic mass is 32.2. The summed E-state index contributed by atoms with van der Waals surface area (Å²) >= 11 is 2.02. The van der Waals surface area contributed by atoms with Crippen molar-refractivity contribution in [2.45, 2.75) is 50.3 Å². The zero-order valence-corrected chi connectivity index (χ0v) is 13.0. The Labute approximate surface area is 125 Å². The number of hydrazine groups is 1. The van der Waals surface area contributed by atoms with Crippen LogP contribution in [-0.2, 0) is 0 Å². The Morgan fingerprint density at radius 1 is 1.45 bits per heavy atom. The van der Waals surface area contributed by atoms with Gasteiger partial charge >= 0.3 is 0 Å². The molecule has 1 aromatic heterocycles. The summed E-state index contributed by atoms with van der Waals surface area (Å²) in [7, 11) is 0. The van der Waals surface area contributed by atoms with Gasteiger partial charge in [-0.15, -0.1) is 0 Å². The summed E-state index contributed by atoms with van der Waals surface area (Å²) < 4.78 is 5.63. The van der Waals surface area contributed by atoms with E-state index >= 15 is 0 Å². The third kappa shape index (κ3) is 4.65. The van der Waals surface area contributed by atoms with Crippen molar-refractivity contribution in [1.29, 1.82) is 0 Å². The summed E-state index contributed by atoms with van der Waals surface area (Å²) in [5.74, 6) is 7.52. The van der Waals surface area contributed by atoms with Crippen molar-refractivity contribution in [2.24, 2.45) is 5.84 Å². The summed E-state index contributed by atoms with van der Waals surface area (Å²) in [4.78, 5) is 4.26. The molecule has 0 spiro atoms. The Kier molecular flexibility index (Phi) is 6.63. The third-order valence-corrected chi connectivity index (χ3v) is 5.08. The molecule has 1 aromatic rings. The number of nitrogens with zero attached hydrogens (tertiary/aromatic N) is 1. The van der Waals surface area contributed by atoms with Crippen molar-refractivity contribution in [2.75, 3.05) is 12.4 Å². The van der Waals surface area contributed by atoms with E-state index in [0.717, 1.165) is 35.3 Å². The molecule has 4 nitrogen and oxygen atoms in total. The monoisotopic (exact) mass is 295 g/mol. The largest absolute Gasteiger partial charge is 0.492 e. The fourth-order valence-electron chi connectivity index (χ4n) is 2.45. The normalized spacial score (nSPS) is 17.3. The second-order valence-electron chi connectivity index (χ2n) is 5.26. The Hall–Kier alpha value is -0.780. The van der Waals surface area contributed by atoms with Gasteiger partial charge in [0.1, 0.15) is 5.75 Å². The van der Waals surface area contributed by atoms with Crippen molar-refractivity contribution in [3.63, 3.8) is 0 Å². The fourth-order valence-corrected chi connectivity index (χ4v) is 3.87. The van der Waals surface area contributed by atoms with Gasteiger partial charge in [-0.2, -0.15) is 11.8 Å². The first kappa shape index (κ1) is 15.6. The maximum absolute atomic E-state index is 5.71. The molecule has 2 rings (SSSR count). The number of nitrogens with one attached hydrogen (secondary N) is 1. The fraction of sp³-hybridized carbons (Fsp3) is 0.667. The van der Waals surface area contributed by atoms with Gasteiger partial charge in [0, 0.05) is 17.2 Å². The molecule has 1 fully saturated rings. The lowest BCUT2D eigenvalue weighted by Gasteiger charge is -2.18. The van der Waals surface area contributed by atoms with Gasteiger partial charge in [-0.25, -0.2) is 0 Å². The first-order valence-corrected chi connectivity index (χ1v) is 8.53. The lowest BCUT2D eigenvalue weighted by atomic mass is 10.1. The van der Waals surface area contributed by atoms with Gasteiger partial charge in [0.25, 0.3) is 0 Å². The number of ether oxygens (including phenoxy) is 1. The molecule has 0 aromatic carbocycles. The van der Waals surface area contributed by atoms with E-state index in [1.54, 1.807) is 6.20 Å². The maximum atomic E-state index is 5.71. The number of rotatable bonds is 8. The minimum atomic E-state index is 0.137. The van der Waals surface area contributed by atoms with Crippen LogP contribution in [0.4, 0.5) is 0 Å². The van der Waals surface area contributed by atoms with Gasteiger partial charge in [0.2, 0.25) is 0 Å². The van der Waals surface area contributed by atoms with Crippen molar-refractivity contribution < 1.29 is 4.74 Å². The molecule has 1 unspecified atom stereocenters. The third-order valence-electron chi connectivity index (χ3n) is 3.61. The topological polar surface area (TPSA) is 60.2 Å². The second kappa shape index (κ2) is 8.49. The maximum Gasteiger partial charge on any atom is 0.137 e. The lowest BCUT2D eigenvalue weighted by Crippen LogP contribution is -2.30. The Morgan fingerprint density at radius 2 is 2.25 bits per heavy atom. The highest BCUT2D eigenvalue weighted by molar-refractivity contribution is 7.99. The first-order valence-electron chi connectivity index (χ1n) is 7.49. The van der Waals surface area contributed by atoms with Gasteiger partial charge in [-0.3, -0.25) is 16.3 Å². The molecule has 0 saturated heterocycles. The molecular weight excluding hydrogens is 270 g/mol. The van der Waals surface area contributed by atoms with Crippen molar-refractivity contribution in [3.05, 3.63) is 24.0 Å². The summed E-state index contributed by atoms with van der Waals surface area (Å²) in [5, 5.41) is 0.804. The highest BCUT2D eigenvalue weighted by Gasteiger charge is 2.18. The van der Waals surface area contributed by atoms with Crippen LogP contribution < -0.4 is 16.0 Å². The number of nitrogens with two attached hydrogens (primary N) is 1. The number of thioether (sulfide) groups is 1. The van der Waals surface area contributed by atoms with Gasteiger partial charge in [0.15, 0.2) is 0 Å². The molecule has 1 aliphatic rings. The van der Waals surface area contributed by atoms with E-state index in [1.165, 1.54) is 25.7 Å². The summed E-state index contributed by atoms with van der Waals surface area (Å²) in [5.41, 5.74) is 4.01. The minimum Gasteiger partial charge on any atom is -0.492 e. The van der Waals surface area contributed by atoms with Crippen molar-refractivity contribution in [1.82, 2.24) is 10.4 Å². The number of aromatic nitrogens is 1. The van der Waals surface area contributed by atoms with Crippen LogP contribution in [0.5, 0.6) is 5.75 Å². The zero-order valence-electron chi connectivity index (χ0n) is 12.2. The average Bonchev–Trinajstić information content (AvgIpc) is 2.99. The first-order chi connectivity index (χ1) is 9.83. The van der Waals surface area contributed by atoms with E-state index in [4.69, 9.17) is 10.6 Å². The van der Waals surface area contributed by atoms with Gasteiger partial charge in [-0.05, 0) is 30.9 Å². The molecule has 0 bridgehead atoms. The second-order valence-corrected chi connectivity index (χ2v) is 6.59. The molecule has 1 atom stereocenters. The van der Waals surface area contributed by atoms with Crippen LogP contribution in [-0.4, -0.2) is 22.6 Å². The number of hydrogen-bond donors (Lipinski definition) is 2. The summed E-state index contributed by atoms with van der Waals surface area (Å²) in [6.07, 6.45) is 10.1. The zero-order chi connectivity index (χ0) is 14.2. The van der Waals surface area contributed by atoms with Gasteiger partial charge in [-0.1, -0.05) is 19.8 Å². The predicted octanol–water partition coefficient (Wildman–Crippen LogP) is 3.05. The molecule has 0 radical (unpaired) electrons. The quantitative estimate of drug-likeness (QED) is 0.570. The van der Waals surface area contributed by atoms with Crippen molar-refractivity contribution >= 4 is 11.8 Å². The van der Waals surface area contributed by atoms with E-state index in [-0.39, 0.29) is 6.04 Å². The predicted molar refractivity (Wildman–Crippen MR) is 84.8 cm³/mol.